The molecule has 21 heavy (non-hydrogen) atoms. The highest BCUT2D eigenvalue weighted by atomic mass is 16.4. The molecule has 3 atom stereocenters. The zero-order chi connectivity index (χ0) is 15.5. The summed E-state index contributed by atoms with van der Waals surface area (Å²) < 4.78 is 0. The second kappa shape index (κ2) is 6.77. The smallest absolute Gasteiger partial charge is 0.303 e. The van der Waals surface area contributed by atoms with Crippen LogP contribution in [0.4, 0.5) is 0 Å². The molecule has 0 spiro atoms. The number of rotatable bonds is 5. The Balaban J connectivity index is 1.84. The number of fused-ring (bicyclic) bond motifs is 1. The van der Waals surface area contributed by atoms with Crippen molar-refractivity contribution in [3.8, 4) is 0 Å². The fraction of sp³-hybridized carbons (Fsp3) is 0.875. The van der Waals surface area contributed by atoms with Crippen molar-refractivity contribution in [1.29, 1.82) is 0 Å². The molecule has 0 aromatic heterocycles. The average molecular weight is 296 g/mol. The van der Waals surface area contributed by atoms with Gasteiger partial charge in [0.15, 0.2) is 0 Å². The van der Waals surface area contributed by atoms with Gasteiger partial charge in [0.1, 0.15) is 0 Å². The van der Waals surface area contributed by atoms with Crippen LogP contribution >= 0.6 is 0 Å². The summed E-state index contributed by atoms with van der Waals surface area (Å²) in [6.07, 6.45) is 7.59. The molecule has 1 aliphatic carbocycles. The number of carboxylic acids is 1. The number of piperidine rings is 1. The van der Waals surface area contributed by atoms with E-state index in [0.29, 0.717) is 12.5 Å². The Bertz CT molecular complexity index is 395. The maximum Gasteiger partial charge on any atom is 0.303 e. The molecule has 5 nitrogen and oxygen atoms in total. The summed E-state index contributed by atoms with van der Waals surface area (Å²) in [7, 11) is 0. The van der Waals surface area contributed by atoms with E-state index in [4.69, 9.17) is 5.11 Å². The number of amides is 1. The Morgan fingerprint density at radius 1 is 1.19 bits per heavy atom. The minimum atomic E-state index is -0.821. The quantitative estimate of drug-likeness (QED) is 0.725. The molecule has 120 valence electrons. The Hall–Kier alpha value is -1.10. The summed E-state index contributed by atoms with van der Waals surface area (Å²) in [6.45, 7) is 3.78. The lowest BCUT2D eigenvalue weighted by molar-refractivity contribution is -0.138. The van der Waals surface area contributed by atoms with Gasteiger partial charge in [-0.1, -0.05) is 12.8 Å². The van der Waals surface area contributed by atoms with Crippen LogP contribution in [0.2, 0.25) is 0 Å². The fourth-order valence-electron chi connectivity index (χ4n) is 3.60. The molecule has 1 saturated heterocycles. The van der Waals surface area contributed by atoms with Gasteiger partial charge in [0.05, 0.1) is 6.04 Å². The topological polar surface area (TPSA) is 78.4 Å². The van der Waals surface area contributed by atoms with E-state index in [1.165, 1.54) is 25.7 Å². The molecular weight excluding hydrogens is 268 g/mol. The third kappa shape index (κ3) is 4.70. The molecule has 2 fully saturated rings. The van der Waals surface area contributed by atoms with E-state index in [-0.39, 0.29) is 18.4 Å². The fourth-order valence-corrected chi connectivity index (χ4v) is 3.60. The van der Waals surface area contributed by atoms with Gasteiger partial charge in [0.25, 0.3) is 0 Å². The van der Waals surface area contributed by atoms with Crippen molar-refractivity contribution in [3.05, 3.63) is 0 Å². The summed E-state index contributed by atoms with van der Waals surface area (Å²) >= 11 is 0. The van der Waals surface area contributed by atoms with Crippen LogP contribution < -0.4 is 10.6 Å². The van der Waals surface area contributed by atoms with Crippen LogP contribution in [0.25, 0.3) is 0 Å². The normalized spacial score (nSPS) is 29.5. The lowest BCUT2D eigenvalue weighted by Gasteiger charge is -2.40. The molecule has 2 rings (SSSR count). The van der Waals surface area contributed by atoms with Gasteiger partial charge < -0.3 is 15.7 Å². The van der Waals surface area contributed by atoms with Crippen molar-refractivity contribution >= 4 is 11.9 Å². The average Bonchev–Trinajstić information content (AvgIpc) is 2.44. The molecule has 2 aliphatic rings. The zero-order valence-corrected chi connectivity index (χ0v) is 13.2. The predicted octanol–water partition coefficient (Wildman–Crippen LogP) is 2.06. The minimum absolute atomic E-state index is 0.0226. The summed E-state index contributed by atoms with van der Waals surface area (Å²) in [6, 6.07) is 0.374. The van der Waals surface area contributed by atoms with Crippen molar-refractivity contribution in [2.75, 3.05) is 0 Å². The molecule has 0 radical (unpaired) electrons. The van der Waals surface area contributed by atoms with E-state index >= 15 is 0 Å². The maximum absolute atomic E-state index is 12.4. The van der Waals surface area contributed by atoms with Gasteiger partial charge in [-0.05, 0) is 51.9 Å². The summed E-state index contributed by atoms with van der Waals surface area (Å²) in [5.74, 6) is -0.0598. The molecule has 1 aliphatic heterocycles. The molecule has 1 amide bonds. The van der Waals surface area contributed by atoms with E-state index in [1.807, 2.05) is 13.8 Å². The highest BCUT2D eigenvalue weighted by Gasteiger charge is 2.35. The summed E-state index contributed by atoms with van der Waals surface area (Å²) in [4.78, 5) is 23.1. The van der Waals surface area contributed by atoms with Crippen LogP contribution in [0.5, 0.6) is 0 Å². The number of carboxylic acid groups (broad SMARTS) is 1. The maximum atomic E-state index is 12.4. The zero-order valence-electron chi connectivity index (χ0n) is 13.2. The minimum Gasteiger partial charge on any atom is -0.481 e. The van der Waals surface area contributed by atoms with E-state index in [2.05, 4.69) is 10.6 Å². The monoisotopic (exact) mass is 296 g/mol. The van der Waals surface area contributed by atoms with Crippen molar-refractivity contribution in [1.82, 2.24) is 10.6 Å². The van der Waals surface area contributed by atoms with Crippen molar-refractivity contribution in [2.24, 2.45) is 5.92 Å². The van der Waals surface area contributed by atoms with Crippen molar-refractivity contribution in [3.63, 3.8) is 0 Å². The molecule has 1 saturated carbocycles. The molecule has 0 aromatic rings. The second-order valence-electron chi connectivity index (χ2n) is 7.21. The highest BCUT2D eigenvalue weighted by molar-refractivity contribution is 5.82. The first-order chi connectivity index (χ1) is 9.87. The number of hydrogen-bond acceptors (Lipinski definition) is 3. The van der Waals surface area contributed by atoms with Gasteiger partial charge in [-0.25, -0.2) is 0 Å². The predicted molar refractivity (Wildman–Crippen MR) is 81.0 cm³/mol. The number of hydrogen-bond donors (Lipinski definition) is 3. The van der Waals surface area contributed by atoms with Crippen molar-refractivity contribution < 1.29 is 14.7 Å². The van der Waals surface area contributed by atoms with Crippen LogP contribution in [-0.2, 0) is 9.59 Å². The van der Waals surface area contributed by atoms with Gasteiger partial charge in [0.2, 0.25) is 5.91 Å². The molecule has 3 unspecified atom stereocenters. The van der Waals surface area contributed by atoms with Gasteiger partial charge in [-0.15, -0.1) is 0 Å². The Labute approximate surface area is 126 Å². The Morgan fingerprint density at radius 3 is 2.62 bits per heavy atom. The van der Waals surface area contributed by atoms with E-state index < -0.39 is 11.5 Å². The largest absolute Gasteiger partial charge is 0.481 e. The second-order valence-corrected chi connectivity index (χ2v) is 7.21. The lowest BCUT2D eigenvalue weighted by atomic mass is 9.77. The van der Waals surface area contributed by atoms with Gasteiger partial charge in [-0.2, -0.15) is 0 Å². The molecule has 1 heterocycles. The summed E-state index contributed by atoms with van der Waals surface area (Å²) in [5.41, 5.74) is -0.472. The first-order valence-electron chi connectivity index (χ1n) is 8.17. The van der Waals surface area contributed by atoms with Gasteiger partial charge in [-0.3, -0.25) is 9.59 Å². The third-order valence-electron chi connectivity index (χ3n) is 4.89. The first-order valence-corrected chi connectivity index (χ1v) is 8.17. The molecular formula is C16H28N2O3. The van der Waals surface area contributed by atoms with Crippen LogP contribution in [0, 0.1) is 5.92 Å². The molecule has 0 aromatic carbocycles. The Morgan fingerprint density at radius 2 is 1.90 bits per heavy atom. The van der Waals surface area contributed by atoms with Crippen LogP contribution in [0.3, 0.4) is 0 Å². The number of aliphatic carboxylic acids is 1. The van der Waals surface area contributed by atoms with E-state index in [1.54, 1.807) is 0 Å². The standard InChI is InChI=1S/C16H28N2O3/c1-16(2,10-9-14(19)20)18-15(21)13-8-7-11-5-3-4-6-12(11)17-13/h11-13,17H,3-10H2,1-2H3,(H,18,21)(H,19,20). The lowest BCUT2D eigenvalue weighted by Crippen LogP contribution is -2.58. The van der Waals surface area contributed by atoms with Crippen LogP contribution in [0.15, 0.2) is 0 Å². The molecule has 5 heteroatoms. The summed E-state index contributed by atoms with van der Waals surface area (Å²) in [5, 5.41) is 15.3. The first kappa shape index (κ1) is 16.3. The van der Waals surface area contributed by atoms with Gasteiger partial charge in [0, 0.05) is 18.0 Å². The van der Waals surface area contributed by atoms with E-state index in [0.717, 1.165) is 18.8 Å². The Kier molecular flexibility index (Phi) is 5.25. The highest BCUT2D eigenvalue weighted by Crippen LogP contribution is 2.32. The number of carbonyl (C=O) groups excluding carboxylic acids is 1. The van der Waals surface area contributed by atoms with Crippen LogP contribution in [0.1, 0.15) is 65.2 Å². The number of nitrogens with one attached hydrogen (secondary N) is 2. The van der Waals surface area contributed by atoms with Crippen molar-refractivity contribution in [2.45, 2.75) is 82.8 Å². The number of carbonyl (C=O) groups is 2. The van der Waals surface area contributed by atoms with E-state index in [9.17, 15) is 9.59 Å². The molecule has 3 N–H and O–H groups in total. The SMILES string of the molecule is CC(C)(CCC(=O)O)NC(=O)C1CCC2CCCCC2N1. The molecule has 0 bridgehead atoms. The third-order valence-corrected chi connectivity index (χ3v) is 4.89. The van der Waals surface area contributed by atoms with Crippen LogP contribution in [-0.4, -0.2) is 34.6 Å². The van der Waals surface area contributed by atoms with Gasteiger partial charge >= 0.3 is 5.97 Å².